The van der Waals surface area contributed by atoms with Gasteiger partial charge in [0.05, 0.1) is 0 Å². The summed E-state index contributed by atoms with van der Waals surface area (Å²) in [5.74, 6) is -0.886. The fourth-order valence-electron chi connectivity index (χ4n) is 5.09. The average molecular weight is 597 g/mol. The Morgan fingerprint density at radius 3 is 0.952 bits per heavy atom. The van der Waals surface area contributed by atoms with E-state index in [9.17, 15) is 14.4 Å². The van der Waals surface area contributed by atoms with Crippen LogP contribution in [0.5, 0.6) is 0 Å². The molecule has 0 aromatic carbocycles. The summed E-state index contributed by atoms with van der Waals surface area (Å²) < 4.78 is 16.4. The molecule has 0 saturated carbocycles. The molecule has 0 fully saturated rings. The summed E-state index contributed by atoms with van der Waals surface area (Å²) in [6.45, 7) is 6.49. The first-order valence-corrected chi connectivity index (χ1v) is 18.0. The first-order chi connectivity index (χ1) is 20.5. The number of hydrogen-bond acceptors (Lipinski definition) is 6. The topological polar surface area (TPSA) is 78.9 Å². The summed E-state index contributed by atoms with van der Waals surface area (Å²) in [5.41, 5.74) is 0. The van der Waals surface area contributed by atoms with Crippen molar-refractivity contribution in [2.45, 2.75) is 200 Å². The van der Waals surface area contributed by atoms with Crippen LogP contribution in [-0.2, 0) is 28.6 Å². The SMILES string of the molecule is CCCCCCCCCCCCCC(=O)OCC(COC(=O)CCCCCCC)OC(=O)CCCCCCCCCC. The predicted molar refractivity (Wildman–Crippen MR) is 173 cm³/mol. The molecule has 6 heteroatoms. The lowest BCUT2D eigenvalue weighted by atomic mass is 10.1. The third kappa shape index (κ3) is 29.9. The molecule has 0 saturated heterocycles. The second kappa shape index (κ2) is 32.3. The van der Waals surface area contributed by atoms with Crippen LogP contribution in [0.2, 0.25) is 0 Å². The maximum Gasteiger partial charge on any atom is 0.306 e. The first kappa shape index (κ1) is 40.4. The molecule has 6 nitrogen and oxygen atoms in total. The summed E-state index contributed by atoms with van der Waals surface area (Å²) >= 11 is 0. The van der Waals surface area contributed by atoms with Crippen LogP contribution in [0.1, 0.15) is 194 Å². The Hall–Kier alpha value is -1.59. The van der Waals surface area contributed by atoms with Gasteiger partial charge in [0.25, 0.3) is 0 Å². The highest BCUT2D eigenvalue weighted by Crippen LogP contribution is 2.14. The zero-order chi connectivity index (χ0) is 30.9. The molecule has 0 rings (SSSR count). The zero-order valence-electron chi connectivity index (χ0n) is 28.0. The standard InChI is InChI=1S/C36H68O6/c1-4-7-10-13-15-17-18-19-21-23-26-29-35(38)41-32-33(31-40-34(37)28-25-22-12-9-6-3)42-36(39)30-27-24-20-16-14-11-8-5-2/h33H,4-32H2,1-3H3. The molecule has 0 radical (unpaired) electrons. The molecule has 0 heterocycles. The van der Waals surface area contributed by atoms with Crippen molar-refractivity contribution in [3.05, 3.63) is 0 Å². The minimum Gasteiger partial charge on any atom is -0.462 e. The van der Waals surface area contributed by atoms with Crippen LogP contribution < -0.4 is 0 Å². The van der Waals surface area contributed by atoms with Gasteiger partial charge in [0.1, 0.15) is 13.2 Å². The number of carbonyl (C=O) groups excluding carboxylic acids is 3. The third-order valence-corrected chi connectivity index (χ3v) is 7.86. The Morgan fingerprint density at radius 1 is 0.381 bits per heavy atom. The second-order valence-corrected chi connectivity index (χ2v) is 12.2. The molecule has 1 unspecified atom stereocenters. The Labute approximate surface area is 259 Å². The molecule has 0 bridgehead atoms. The molecule has 0 aromatic rings. The van der Waals surface area contributed by atoms with Gasteiger partial charge in [-0.3, -0.25) is 14.4 Å². The monoisotopic (exact) mass is 597 g/mol. The lowest BCUT2D eigenvalue weighted by molar-refractivity contribution is -0.167. The normalized spacial score (nSPS) is 11.8. The quantitative estimate of drug-likeness (QED) is 0.0436. The zero-order valence-corrected chi connectivity index (χ0v) is 28.0. The van der Waals surface area contributed by atoms with Crippen molar-refractivity contribution in [2.75, 3.05) is 13.2 Å². The van der Waals surface area contributed by atoms with E-state index in [2.05, 4.69) is 20.8 Å². The van der Waals surface area contributed by atoms with Gasteiger partial charge in [0.2, 0.25) is 0 Å². The molecule has 0 aliphatic rings. The second-order valence-electron chi connectivity index (χ2n) is 12.2. The highest BCUT2D eigenvalue weighted by molar-refractivity contribution is 5.71. The van der Waals surface area contributed by atoms with E-state index >= 15 is 0 Å². The van der Waals surface area contributed by atoms with Crippen LogP contribution in [0.3, 0.4) is 0 Å². The maximum absolute atomic E-state index is 12.5. The molecule has 0 spiro atoms. The molecular weight excluding hydrogens is 528 g/mol. The minimum atomic E-state index is -0.753. The van der Waals surface area contributed by atoms with E-state index in [0.717, 1.165) is 64.2 Å². The summed E-state index contributed by atoms with van der Waals surface area (Å²) in [7, 11) is 0. The van der Waals surface area contributed by atoms with E-state index in [4.69, 9.17) is 14.2 Å². The first-order valence-electron chi connectivity index (χ1n) is 18.0. The van der Waals surface area contributed by atoms with E-state index in [0.29, 0.717) is 19.3 Å². The molecule has 0 N–H and O–H groups in total. The average Bonchev–Trinajstić information content (AvgIpc) is 2.98. The van der Waals surface area contributed by atoms with Gasteiger partial charge in [-0.2, -0.15) is 0 Å². The fourth-order valence-corrected chi connectivity index (χ4v) is 5.09. The largest absolute Gasteiger partial charge is 0.462 e. The van der Waals surface area contributed by atoms with Crippen LogP contribution in [0.15, 0.2) is 0 Å². The smallest absolute Gasteiger partial charge is 0.306 e. The van der Waals surface area contributed by atoms with Gasteiger partial charge < -0.3 is 14.2 Å². The van der Waals surface area contributed by atoms with Gasteiger partial charge in [-0.1, -0.05) is 156 Å². The predicted octanol–water partition coefficient (Wildman–Crippen LogP) is 10.6. The molecule has 0 aromatic heterocycles. The number of hydrogen-bond donors (Lipinski definition) is 0. The lowest BCUT2D eigenvalue weighted by Crippen LogP contribution is -2.30. The Morgan fingerprint density at radius 2 is 0.643 bits per heavy atom. The third-order valence-electron chi connectivity index (χ3n) is 7.86. The van der Waals surface area contributed by atoms with Gasteiger partial charge >= 0.3 is 17.9 Å². The number of esters is 3. The van der Waals surface area contributed by atoms with Crippen LogP contribution in [-0.4, -0.2) is 37.2 Å². The Balaban J connectivity index is 4.27. The van der Waals surface area contributed by atoms with Crippen LogP contribution >= 0.6 is 0 Å². The van der Waals surface area contributed by atoms with Crippen molar-refractivity contribution in [3.8, 4) is 0 Å². The highest BCUT2D eigenvalue weighted by atomic mass is 16.6. The van der Waals surface area contributed by atoms with E-state index in [1.807, 2.05) is 0 Å². The molecule has 0 amide bonds. The summed E-state index contributed by atoms with van der Waals surface area (Å²) in [6, 6.07) is 0. The van der Waals surface area contributed by atoms with Gasteiger partial charge in [-0.25, -0.2) is 0 Å². The summed E-state index contributed by atoms with van der Waals surface area (Å²) in [4.78, 5) is 37.0. The van der Waals surface area contributed by atoms with Crippen LogP contribution in [0.25, 0.3) is 0 Å². The number of ether oxygens (including phenoxy) is 3. The summed E-state index contributed by atoms with van der Waals surface area (Å²) in [6.07, 6.45) is 28.3. The molecule has 0 aliphatic carbocycles. The van der Waals surface area contributed by atoms with Crippen molar-refractivity contribution in [2.24, 2.45) is 0 Å². The van der Waals surface area contributed by atoms with E-state index in [1.165, 1.54) is 89.9 Å². The van der Waals surface area contributed by atoms with Crippen molar-refractivity contribution < 1.29 is 28.6 Å². The Kier molecular flexibility index (Phi) is 31.1. The molecular formula is C36H68O6. The van der Waals surface area contributed by atoms with Crippen molar-refractivity contribution >= 4 is 17.9 Å². The highest BCUT2D eigenvalue weighted by Gasteiger charge is 2.19. The number of carbonyl (C=O) groups is 3. The number of rotatable bonds is 32. The Bertz CT molecular complexity index is 620. The van der Waals surface area contributed by atoms with Crippen molar-refractivity contribution in [3.63, 3.8) is 0 Å². The molecule has 1 atom stereocenters. The van der Waals surface area contributed by atoms with Crippen LogP contribution in [0.4, 0.5) is 0 Å². The van der Waals surface area contributed by atoms with E-state index in [1.54, 1.807) is 0 Å². The van der Waals surface area contributed by atoms with Gasteiger partial charge in [-0.05, 0) is 19.3 Å². The van der Waals surface area contributed by atoms with Crippen molar-refractivity contribution in [1.29, 1.82) is 0 Å². The fraction of sp³-hybridized carbons (Fsp3) is 0.917. The van der Waals surface area contributed by atoms with Crippen molar-refractivity contribution in [1.82, 2.24) is 0 Å². The van der Waals surface area contributed by atoms with Gasteiger partial charge in [-0.15, -0.1) is 0 Å². The molecule has 248 valence electrons. The number of unbranched alkanes of at least 4 members (excludes halogenated alkanes) is 21. The molecule has 0 aliphatic heterocycles. The van der Waals surface area contributed by atoms with E-state index < -0.39 is 6.10 Å². The molecule has 42 heavy (non-hydrogen) atoms. The maximum atomic E-state index is 12.5. The lowest BCUT2D eigenvalue weighted by Gasteiger charge is -2.18. The van der Waals surface area contributed by atoms with E-state index in [-0.39, 0.29) is 31.1 Å². The summed E-state index contributed by atoms with van der Waals surface area (Å²) in [5, 5.41) is 0. The van der Waals surface area contributed by atoms with Crippen LogP contribution in [0, 0.1) is 0 Å². The minimum absolute atomic E-state index is 0.0657. The van der Waals surface area contributed by atoms with Gasteiger partial charge in [0.15, 0.2) is 6.10 Å². The van der Waals surface area contributed by atoms with Gasteiger partial charge in [0, 0.05) is 19.3 Å².